The molecule has 2 aromatic rings. The van der Waals surface area contributed by atoms with Crippen LogP contribution in [0.5, 0.6) is 5.75 Å². The summed E-state index contributed by atoms with van der Waals surface area (Å²) in [5.41, 5.74) is -0.577. The van der Waals surface area contributed by atoms with Crippen LogP contribution < -0.4 is 10.2 Å². The van der Waals surface area contributed by atoms with Crippen molar-refractivity contribution in [3.05, 3.63) is 40.2 Å². The highest BCUT2D eigenvalue weighted by Crippen LogP contribution is 2.22. The van der Waals surface area contributed by atoms with Gasteiger partial charge in [-0.25, -0.2) is 4.79 Å². The highest BCUT2D eigenvalue weighted by Gasteiger charge is 2.14. The van der Waals surface area contributed by atoms with Gasteiger partial charge >= 0.3 is 5.97 Å². The molecule has 6 heteroatoms. The van der Waals surface area contributed by atoms with Crippen molar-refractivity contribution in [3.8, 4) is 5.75 Å². The lowest BCUT2D eigenvalue weighted by atomic mass is 10.1. The number of hydrogen-bond donors (Lipinski definition) is 1. The van der Waals surface area contributed by atoms with Gasteiger partial charge < -0.3 is 14.3 Å². The van der Waals surface area contributed by atoms with Crippen molar-refractivity contribution < 1.29 is 14.6 Å². The Kier molecular flexibility index (Phi) is 2.63. The van der Waals surface area contributed by atoms with Crippen LogP contribution in [0.1, 0.15) is 10.4 Å². The van der Waals surface area contributed by atoms with Gasteiger partial charge in [-0.1, -0.05) is 6.07 Å². The highest BCUT2D eigenvalue weighted by atomic mass is 16.5. The summed E-state index contributed by atoms with van der Waals surface area (Å²) >= 11 is 0. The predicted octanol–water partition coefficient (Wildman–Crippen LogP) is 0.640. The third-order valence-corrected chi connectivity index (χ3v) is 2.46. The van der Waals surface area contributed by atoms with Crippen molar-refractivity contribution in [1.29, 1.82) is 0 Å². The fraction of sp³-hybridized carbons (Fsp3) is 0.0909. The van der Waals surface area contributed by atoms with E-state index in [1.54, 1.807) is 12.1 Å². The van der Waals surface area contributed by atoms with E-state index in [-0.39, 0.29) is 10.9 Å². The van der Waals surface area contributed by atoms with Crippen LogP contribution in [0.15, 0.2) is 29.2 Å². The number of benzene rings is 1. The van der Waals surface area contributed by atoms with Gasteiger partial charge in [0.05, 0.1) is 12.6 Å². The molecule has 0 atom stereocenters. The Labute approximate surface area is 97.7 Å². The summed E-state index contributed by atoms with van der Waals surface area (Å²) in [7, 11) is 7.12. The van der Waals surface area contributed by atoms with Crippen molar-refractivity contribution in [3.63, 3.8) is 0 Å². The number of rotatable bonds is 2. The molecule has 2 radical (unpaired) electrons. The van der Waals surface area contributed by atoms with E-state index in [2.05, 4.69) is 0 Å². The Morgan fingerprint density at radius 2 is 2.18 bits per heavy atom. The summed E-state index contributed by atoms with van der Waals surface area (Å²) in [6.45, 7) is 0. The van der Waals surface area contributed by atoms with E-state index >= 15 is 0 Å². The van der Waals surface area contributed by atoms with E-state index in [0.717, 1.165) is 10.7 Å². The number of ether oxygens (including phenoxy) is 1. The first-order valence-electron chi connectivity index (χ1n) is 4.77. The number of carboxylic acid groups (broad SMARTS) is 1. The van der Waals surface area contributed by atoms with Crippen molar-refractivity contribution in [2.24, 2.45) is 0 Å². The lowest BCUT2D eigenvalue weighted by Crippen LogP contribution is -2.18. The Hall–Kier alpha value is -2.24. The molecule has 0 spiro atoms. The lowest BCUT2D eigenvalue weighted by Gasteiger charge is -2.11. The molecule has 1 heterocycles. The van der Waals surface area contributed by atoms with Gasteiger partial charge in [0.15, 0.2) is 0 Å². The predicted molar refractivity (Wildman–Crippen MR) is 62.9 cm³/mol. The lowest BCUT2D eigenvalue weighted by molar-refractivity contribution is 0.0695. The molecule has 1 aromatic carbocycles. The molecule has 5 nitrogen and oxygen atoms in total. The van der Waals surface area contributed by atoms with Gasteiger partial charge in [0.25, 0.3) is 0 Å². The summed E-state index contributed by atoms with van der Waals surface area (Å²) in [4.78, 5) is 22.8. The Morgan fingerprint density at radius 3 is 2.76 bits per heavy atom. The van der Waals surface area contributed by atoms with Crippen molar-refractivity contribution in [2.45, 2.75) is 0 Å². The fourth-order valence-corrected chi connectivity index (χ4v) is 1.70. The minimum Gasteiger partial charge on any atom is -0.495 e. The summed E-state index contributed by atoms with van der Waals surface area (Å²) in [6.07, 6.45) is 1.08. The molecule has 0 aliphatic heterocycles. The number of methoxy groups -OCH3 is 1. The van der Waals surface area contributed by atoms with E-state index in [0.29, 0.717) is 11.3 Å². The minimum absolute atomic E-state index is 0.215. The molecule has 0 fully saturated rings. The number of hydrogen-bond acceptors (Lipinski definition) is 3. The van der Waals surface area contributed by atoms with Gasteiger partial charge in [-0.15, -0.1) is 0 Å². The molecule has 17 heavy (non-hydrogen) atoms. The number of carbonyl (C=O) groups is 1. The van der Waals surface area contributed by atoms with E-state index in [1.165, 1.54) is 13.2 Å². The summed E-state index contributed by atoms with van der Waals surface area (Å²) in [5, 5.41) is 9.09. The maximum absolute atomic E-state index is 11.9. The number of fused-ring (bicyclic) bond motifs is 1. The van der Waals surface area contributed by atoms with Gasteiger partial charge in [-0.3, -0.25) is 4.79 Å². The van der Waals surface area contributed by atoms with Crippen LogP contribution in [-0.4, -0.2) is 30.6 Å². The van der Waals surface area contributed by atoms with Crippen LogP contribution in [0.4, 0.5) is 0 Å². The van der Waals surface area contributed by atoms with Crippen LogP contribution in [-0.2, 0) is 0 Å². The molecule has 0 aliphatic carbocycles. The Bertz CT molecular complexity index is 662. The maximum Gasteiger partial charge on any atom is 0.341 e. The normalized spacial score (nSPS) is 10.4. The monoisotopic (exact) mass is 229 g/mol. The van der Waals surface area contributed by atoms with Crippen LogP contribution in [0.2, 0.25) is 0 Å². The van der Waals surface area contributed by atoms with E-state index in [9.17, 15) is 9.59 Å². The molecular weight excluding hydrogens is 221 g/mol. The number of nitrogens with zero attached hydrogens (tertiary/aromatic N) is 1. The third kappa shape index (κ3) is 1.67. The molecule has 0 saturated heterocycles. The molecule has 2 rings (SSSR count). The average Bonchev–Trinajstić information content (AvgIpc) is 2.32. The van der Waals surface area contributed by atoms with Gasteiger partial charge in [0.1, 0.15) is 11.3 Å². The summed E-state index contributed by atoms with van der Waals surface area (Å²) < 4.78 is 6.16. The Balaban J connectivity index is 2.97. The topological polar surface area (TPSA) is 68.5 Å². The molecule has 0 saturated carbocycles. The number of aromatic carboxylic acids is 1. The van der Waals surface area contributed by atoms with E-state index in [4.69, 9.17) is 17.8 Å². The molecule has 1 aromatic heterocycles. The van der Waals surface area contributed by atoms with Gasteiger partial charge in [-0.05, 0) is 12.1 Å². The second-order valence-electron chi connectivity index (χ2n) is 3.44. The molecule has 0 aliphatic rings. The van der Waals surface area contributed by atoms with Crippen LogP contribution in [0.25, 0.3) is 10.9 Å². The fourth-order valence-electron chi connectivity index (χ4n) is 1.70. The second kappa shape index (κ2) is 3.97. The maximum atomic E-state index is 11.9. The first kappa shape index (κ1) is 11.3. The second-order valence-corrected chi connectivity index (χ2v) is 3.44. The van der Waals surface area contributed by atoms with Crippen molar-refractivity contribution in [2.75, 3.05) is 7.11 Å². The quantitative estimate of drug-likeness (QED) is 0.767. The Morgan fingerprint density at radius 1 is 1.47 bits per heavy atom. The molecule has 84 valence electrons. The molecule has 0 amide bonds. The molecule has 0 bridgehead atoms. The standard InChI is InChI=1S/C11H8BNO4/c1-17-8-4-2-3-6-9(8)13(12)5-7(10(6)14)11(15)16/h2-5H,1H3,(H,15,16). The zero-order valence-corrected chi connectivity index (χ0v) is 9.01. The average molecular weight is 229 g/mol. The number of carboxylic acids is 1. The van der Waals surface area contributed by atoms with Crippen LogP contribution in [0, 0.1) is 0 Å². The summed E-state index contributed by atoms with van der Waals surface area (Å²) in [6, 6.07) is 4.76. The van der Waals surface area contributed by atoms with E-state index in [1.807, 2.05) is 0 Å². The zero-order valence-electron chi connectivity index (χ0n) is 9.01. The van der Waals surface area contributed by atoms with Crippen LogP contribution in [0.3, 0.4) is 0 Å². The third-order valence-electron chi connectivity index (χ3n) is 2.46. The van der Waals surface area contributed by atoms with E-state index < -0.39 is 11.4 Å². The SMILES string of the molecule is [B]n1cc(C(=O)O)c(=O)c2cccc(OC)c21. The van der Waals surface area contributed by atoms with Crippen molar-refractivity contribution >= 4 is 24.9 Å². The largest absolute Gasteiger partial charge is 0.495 e. The van der Waals surface area contributed by atoms with Crippen molar-refractivity contribution in [1.82, 2.24) is 4.48 Å². The molecule has 0 unspecified atom stereocenters. The van der Waals surface area contributed by atoms with Gasteiger partial charge in [0, 0.05) is 11.6 Å². The zero-order chi connectivity index (χ0) is 12.6. The van der Waals surface area contributed by atoms with Gasteiger partial charge in [0.2, 0.25) is 13.4 Å². The number of aromatic nitrogens is 1. The van der Waals surface area contributed by atoms with Gasteiger partial charge in [-0.2, -0.15) is 0 Å². The highest BCUT2D eigenvalue weighted by molar-refractivity contribution is 6.12. The first-order chi connectivity index (χ1) is 8.06. The number of pyridine rings is 1. The smallest absolute Gasteiger partial charge is 0.341 e. The molecule has 1 N–H and O–H groups in total. The molecular formula is C11H8BNO4. The summed E-state index contributed by atoms with van der Waals surface area (Å²) in [5.74, 6) is -0.891. The number of para-hydroxylation sites is 1. The first-order valence-corrected chi connectivity index (χ1v) is 4.77. The van der Waals surface area contributed by atoms with Crippen LogP contribution >= 0.6 is 0 Å². The minimum atomic E-state index is -1.31.